The summed E-state index contributed by atoms with van der Waals surface area (Å²) >= 11 is 0. The number of aromatic nitrogens is 2. The predicted octanol–water partition coefficient (Wildman–Crippen LogP) is 2.69. The van der Waals surface area contributed by atoms with Crippen molar-refractivity contribution in [2.24, 2.45) is 0 Å². The van der Waals surface area contributed by atoms with Crippen molar-refractivity contribution in [2.45, 2.75) is 23.5 Å². The van der Waals surface area contributed by atoms with Crippen molar-refractivity contribution in [1.82, 2.24) is 15.1 Å². The summed E-state index contributed by atoms with van der Waals surface area (Å²) in [5.74, 6) is -3.78. The molecule has 166 valence electrons. The summed E-state index contributed by atoms with van der Waals surface area (Å²) in [6, 6.07) is 15.5. The number of nitrogens with one attached hydrogen (secondary N) is 1. The first-order chi connectivity index (χ1) is 15.3. The molecule has 1 heterocycles. The van der Waals surface area contributed by atoms with Gasteiger partial charge < -0.3 is 11.1 Å². The topological polar surface area (TPSA) is 131 Å². The minimum Gasteiger partial charge on any atom is -0.382 e. The Morgan fingerprint density at radius 3 is 2.41 bits per heavy atom. The van der Waals surface area contributed by atoms with Gasteiger partial charge in [0, 0.05) is 12.1 Å². The number of hydrogen-bond donors (Lipinski definition) is 2. The molecule has 0 spiro atoms. The molecule has 0 bridgehead atoms. The molecule has 3 rings (SSSR count). The number of amides is 1. The van der Waals surface area contributed by atoms with E-state index in [1.165, 1.54) is 16.8 Å². The third-order valence-corrected chi connectivity index (χ3v) is 6.06. The molecule has 0 radical (unpaired) electrons. The van der Waals surface area contributed by atoms with Crippen molar-refractivity contribution >= 4 is 21.6 Å². The van der Waals surface area contributed by atoms with E-state index in [-0.39, 0.29) is 23.5 Å². The fourth-order valence-corrected chi connectivity index (χ4v) is 3.72. The Hall–Kier alpha value is -3.78. The van der Waals surface area contributed by atoms with Gasteiger partial charge in [-0.3, -0.25) is 4.79 Å². The third kappa shape index (κ3) is 4.76. The number of nitrogens with zero attached hydrogens (tertiary/aromatic N) is 3. The van der Waals surface area contributed by atoms with Crippen molar-refractivity contribution < 1.29 is 22.0 Å². The lowest BCUT2D eigenvalue weighted by atomic mass is 10.1. The molecule has 1 aromatic heterocycles. The van der Waals surface area contributed by atoms with Gasteiger partial charge in [-0.05, 0) is 49.2 Å². The van der Waals surface area contributed by atoms with Gasteiger partial charge in [-0.25, -0.2) is 13.1 Å². The van der Waals surface area contributed by atoms with E-state index in [1.54, 1.807) is 0 Å². The fraction of sp³-hybridized carbons (Fsp3) is 0.190. The normalized spacial score (nSPS) is 11.3. The summed E-state index contributed by atoms with van der Waals surface area (Å²) < 4.78 is 49.5. The molecule has 0 saturated heterocycles. The van der Waals surface area contributed by atoms with E-state index in [4.69, 9.17) is 5.73 Å². The average Bonchev–Trinajstić information content (AvgIpc) is 3.12. The van der Waals surface area contributed by atoms with Crippen LogP contribution in [0.15, 0.2) is 59.5 Å². The lowest BCUT2D eigenvalue weighted by Crippen LogP contribution is -2.25. The number of rotatable bonds is 8. The minimum atomic E-state index is -4.71. The molecule has 32 heavy (non-hydrogen) atoms. The number of para-hydroxylation sites is 1. The molecule has 11 heteroatoms. The SMILES string of the molecule is N#Cc1c(CCCNC(=O)c2ccc(S(=O)(=O)C(F)F)cc2)nn(-c2ccccc2)c1N. The second-order valence-electron chi connectivity index (χ2n) is 6.76. The number of nitrogens with two attached hydrogens (primary N) is 1. The Balaban J connectivity index is 1.60. The van der Waals surface area contributed by atoms with Crippen molar-refractivity contribution in [3.8, 4) is 11.8 Å². The van der Waals surface area contributed by atoms with E-state index in [9.17, 15) is 27.3 Å². The van der Waals surface area contributed by atoms with Crippen LogP contribution in [0, 0.1) is 11.3 Å². The summed E-state index contributed by atoms with van der Waals surface area (Å²) in [7, 11) is -4.71. The largest absolute Gasteiger partial charge is 0.382 e. The Morgan fingerprint density at radius 2 is 1.81 bits per heavy atom. The quantitative estimate of drug-likeness (QED) is 0.498. The van der Waals surface area contributed by atoms with Gasteiger partial charge in [-0.2, -0.15) is 19.1 Å². The monoisotopic (exact) mass is 459 g/mol. The third-order valence-electron chi connectivity index (χ3n) is 4.66. The van der Waals surface area contributed by atoms with E-state index in [2.05, 4.69) is 16.5 Å². The molecule has 0 aliphatic rings. The van der Waals surface area contributed by atoms with E-state index in [0.717, 1.165) is 17.8 Å². The number of aryl methyl sites for hydroxylation is 1. The van der Waals surface area contributed by atoms with Crippen molar-refractivity contribution in [2.75, 3.05) is 12.3 Å². The lowest BCUT2D eigenvalue weighted by Gasteiger charge is -2.06. The highest BCUT2D eigenvalue weighted by Crippen LogP contribution is 2.21. The van der Waals surface area contributed by atoms with Crippen molar-refractivity contribution in [3.63, 3.8) is 0 Å². The van der Waals surface area contributed by atoms with E-state index in [0.29, 0.717) is 18.5 Å². The number of nitriles is 1. The highest BCUT2D eigenvalue weighted by Gasteiger charge is 2.26. The highest BCUT2D eigenvalue weighted by atomic mass is 32.2. The molecule has 0 aliphatic carbocycles. The maximum Gasteiger partial charge on any atom is 0.341 e. The lowest BCUT2D eigenvalue weighted by molar-refractivity contribution is 0.0953. The van der Waals surface area contributed by atoms with Crippen LogP contribution in [0.3, 0.4) is 0 Å². The maximum atomic E-state index is 12.6. The maximum absolute atomic E-state index is 12.6. The molecule has 0 fully saturated rings. The zero-order valence-corrected chi connectivity index (χ0v) is 17.5. The molecule has 0 aliphatic heterocycles. The van der Waals surface area contributed by atoms with Gasteiger partial charge in [0.2, 0.25) is 9.84 Å². The summed E-state index contributed by atoms with van der Waals surface area (Å²) in [6.45, 7) is 0.249. The van der Waals surface area contributed by atoms with Crippen LogP contribution in [0.4, 0.5) is 14.6 Å². The van der Waals surface area contributed by atoms with Gasteiger partial charge in [-0.15, -0.1) is 0 Å². The minimum absolute atomic E-state index is 0.133. The van der Waals surface area contributed by atoms with Crippen molar-refractivity contribution in [3.05, 3.63) is 71.4 Å². The number of anilines is 1. The number of benzene rings is 2. The molecular weight excluding hydrogens is 440 g/mol. The van der Waals surface area contributed by atoms with E-state index in [1.807, 2.05) is 30.3 Å². The first-order valence-corrected chi connectivity index (χ1v) is 11.0. The van der Waals surface area contributed by atoms with Crippen molar-refractivity contribution in [1.29, 1.82) is 5.26 Å². The van der Waals surface area contributed by atoms with E-state index >= 15 is 0 Å². The summed E-state index contributed by atoms with van der Waals surface area (Å²) in [5.41, 5.74) is 7.69. The van der Waals surface area contributed by atoms with Gasteiger partial charge in [0.05, 0.1) is 16.3 Å². The molecule has 8 nitrogen and oxygen atoms in total. The van der Waals surface area contributed by atoms with Crippen LogP contribution in [0.2, 0.25) is 0 Å². The molecule has 2 aromatic carbocycles. The standard InChI is InChI=1S/C21H19F2N5O3S/c22-21(23)32(30,31)16-10-8-14(9-11-16)20(29)26-12-4-7-18-17(13-24)19(25)28(27-18)15-5-2-1-3-6-15/h1-3,5-6,8-11,21H,4,7,12,25H2,(H,26,29). The van der Waals surface area contributed by atoms with Gasteiger partial charge in [-0.1, -0.05) is 18.2 Å². The molecule has 3 N–H and O–H groups in total. The number of sulfone groups is 1. The summed E-state index contributed by atoms with van der Waals surface area (Å²) in [5, 5.41) is 16.5. The Labute approximate surface area is 183 Å². The van der Waals surface area contributed by atoms with Gasteiger partial charge in [0.1, 0.15) is 17.5 Å². The molecule has 0 atom stereocenters. The zero-order chi connectivity index (χ0) is 23.3. The fourth-order valence-electron chi connectivity index (χ4n) is 3.00. The summed E-state index contributed by atoms with van der Waals surface area (Å²) in [6.07, 6.45) is 0.849. The molecule has 3 aromatic rings. The average molecular weight is 459 g/mol. The zero-order valence-electron chi connectivity index (χ0n) is 16.7. The highest BCUT2D eigenvalue weighted by molar-refractivity contribution is 7.91. The number of nitrogen functional groups attached to an aromatic ring is 1. The van der Waals surface area contributed by atoms with Crippen LogP contribution < -0.4 is 11.1 Å². The Morgan fingerprint density at radius 1 is 1.16 bits per heavy atom. The van der Waals surface area contributed by atoms with Gasteiger partial charge in [0.25, 0.3) is 5.91 Å². The van der Waals surface area contributed by atoms with Gasteiger partial charge >= 0.3 is 5.76 Å². The number of carbonyl (C=O) groups is 1. The van der Waals surface area contributed by atoms with Crippen LogP contribution in [0.5, 0.6) is 0 Å². The Kier molecular flexibility index (Phi) is 6.85. The van der Waals surface area contributed by atoms with Crippen LogP contribution in [-0.4, -0.2) is 36.4 Å². The summed E-state index contributed by atoms with van der Waals surface area (Å²) in [4.78, 5) is 11.7. The van der Waals surface area contributed by atoms with Crippen LogP contribution in [0.1, 0.15) is 28.0 Å². The molecular formula is C21H19F2N5O3S. The molecule has 1 amide bonds. The molecule has 0 unspecified atom stereocenters. The Bertz CT molecular complexity index is 1250. The second kappa shape index (κ2) is 9.57. The smallest absolute Gasteiger partial charge is 0.341 e. The number of alkyl halides is 2. The predicted molar refractivity (Wildman–Crippen MR) is 113 cm³/mol. The second-order valence-corrected chi connectivity index (χ2v) is 8.67. The number of carbonyl (C=O) groups excluding carboxylic acids is 1. The molecule has 0 saturated carbocycles. The van der Waals surface area contributed by atoms with Crippen LogP contribution >= 0.6 is 0 Å². The van der Waals surface area contributed by atoms with Crippen LogP contribution in [0.25, 0.3) is 5.69 Å². The number of halogens is 2. The first-order valence-electron chi connectivity index (χ1n) is 9.49. The van der Waals surface area contributed by atoms with Crippen LogP contribution in [-0.2, 0) is 16.3 Å². The number of hydrogen-bond acceptors (Lipinski definition) is 6. The first kappa shape index (κ1) is 22.9. The van der Waals surface area contributed by atoms with E-state index < -0.39 is 26.4 Å². The van der Waals surface area contributed by atoms with Gasteiger partial charge in [0.15, 0.2) is 0 Å².